The molecule has 0 radical (unpaired) electrons. The molecule has 1 unspecified atom stereocenters. The highest BCUT2D eigenvalue weighted by Crippen LogP contribution is 1.90. The molecule has 0 aromatic heterocycles. The molecule has 0 fully saturated rings. The molecule has 50 valence electrons. The van der Waals surface area contributed by atoms with Crippen LogP contribution < -0.4 is 0 Å². The van der Waals surface area contributed by atoms with Gasteiger partial charge in [-0.25, -0.2) is 4.39 Å². The Balaban J connectivity index is 3.10. The van der Waals surface area contributed by atoms with Gasteiger partial charge in [-0.05, 0) is 20.5 Å². The molecule has 0 amide bonds. The quantitative estimate of drug-likeness (QED) is 0.541. The molecule has 0 aliphatic rings. The van der Waals surface area contributed by atoms with Crippen molar-refractivity contribution in [2.24, 2.45) is 0 Å². The molecule has 0 N–H and O–H groups in total. The van der Waals surface area contributed by atoms with Gasteiger partial charge in [-0.1, -0.05) is 6.92 Å². The number of rotatable bonds is 3. The Morgan fingerprint density at radius 1 is 1.62 bits per heavy atom. The molecule has 0 spiro atoms. The lowest BCUT2D eigenvalue weighted by Crippen LogP contribution is -2.24. The smallest absolute Gasteiger partial charge is 0.110 e. The second-order valence-corrected chi connectivity index (χ2v) is 2.14. The molecule has 8 heavy (non-hydrogen) atoms. The fourth-order valence-corrected chi connectivity index (χ4v) is 0.559. The normalized spacial score (nSPS) is 14.6. The summed E-state index contributed by atoms with van der Waals surface area (Å²) in [5.41, 5.74) is 0. The van der Waals surface area contributed by atoms with Crippen molar-refractivity contribution in [2.45, 2.75) is 20.0 Å². The van der Waals surface area contributed by atoms with E-state index in [9.17, 15) is 4.39 Å². The Labute approximate surface area is 50.5 Å². The monoisotopic (exact) mass is 119 g/mol. The minimum atomic E-state index is -0.694. The maximum absolute atomic E-state index is 12.1. The van der Waals surface area contributed by atoms with Crippen molar-refractivity contribution in [1.82, 2.24) is 4.90 Å². The number of halogens is 1. The highest BCUT2D eigenvalue weighted by Gasteiger charge is 1.99. The summed E-state index contributed by atoms with van der Waals surface area (Å²) in [5.74, 6) is 0. The van der Waals surface area contributed by atoms with E-state index in [2.05, 4.69) is 0 Å². The second kappa shape index (κ2) is 3.84. The van der Waals surface area contributed by atoms with Gasteiger partial charge in [-0.15, -0.1) is 0 Å². The van der Waals surface area contributed by atoms with Crippen LogP contribution in [0.15, 0.2) is 0 Å². The van der Waals surface area contributed by atoms with Crippen molar-refractivity contribution < 1.29 is 4.39 Å². The standard InChI is InChI=1S/C6H14FN/c1-4-8(3)5-6(2)7/h6H,4-5H2,1-3H3. The van der Waals surface area contributed by atoms with Crippen LogP contribution in [0.5, 0.6) is 0 Å². The summed E-state index contributed by atoms with van der Waals surface area (Å²) in [6.07, 6.45) is -0.694. The van der Waals surface area contributed by atoms with E-state index < -0.39 is 6.17 Å². The lowest BCUT2D eigenvalue weighted by Gasteiger charge is -2.13. The SMILES string of the molecule is CCN(C)CC(C)F. The Morgan fingerprint density at radius 2 is 2.12 bits per heavy atom. The molecule has 0 aromatic carbocycles. The van der Waals surface area contributed by atoms with E-state index in [0.717, 1.165) is 6.54 Å². The van der Waals surface area contributed by atoms with E-state index in [4.69, 9.17) is 0 Å². The molecule has 0 aromatic rings. The van der Waals surface area contributed by atoms with E-state index in [1.54, 1.807) is 6.92 Å². The lowest BCUT2D eigenvalue weighted by molar-refractivity contribution is 0.242. The molecule has 1 nitrogen and oxygen atoms in total. The van der Waals surface area contributed by atoms with Crippen LogP contribution in [0.4, 0.5) is 4.39 Å². The summed E-state index contributed by atoms with van der Waals surface area (Å²) in [7, 11) is 1.91. The summed E-state index contributed by atoms with van der Waals surface area (Å²) in [6.45, 7) is 5.07. The third-order valence-corrected chi connectivity index (χ3v) is 1.10. The van der Waals surface area contributed by atoms with Crippen molar-refractivity contribution in [3.8, 4) is 0 Å². The van der Waals surface area contributed by atoms with Crippen molar-refractivity contribution in [1.29, 1.82) is 0 Å². The average Bonchev–Trinajstić information content (AvgIpc) is 1.65. The first kappa shape index (κ1) is 7.89. The molecule has 0 saturated heterocycles. The van der Waals surface area contributed by atoms with Gasteiger partial charge in [0.2, 0.25) is 0 Å². The second-order valence-electron chi connectivity index (χ2n) is 2.14. The van der Waals surface area contributed by atoms with Crippen LogP contribution in [0.1, 0.15) is 13.8 Å². The fourth-order valence-electron chi connectivity index (χ4n) is 0.559. The molecule has 0 heterocycles. The van der Waals surface area contributed by atoms with Gasteiger partial charge in [0.1, 0.15) is 6.17 Å². The van der Waals surface area contributed by atoms with Gasteiger partial charge in [0.05, 0.1) is 0 Å². The van der Waals surface area contributed by atoms with Crippen molar-refractivity contribution in [3.05, 3.63) is 0 Å². The van der Waals surface area contributed by atoms with Gasteiger partial charge < -0.3 is 4.90 Å². The number of hydrogen-bond acceptors (Lipinski definition) is 1. The lowest BCUT2D eigenvalue weighted by atomic mass is 10.4. The fraction of sp³-hybridized carbons (Fsp3) is 1.00. The predicted octanol–water partition coefficient (Wildman–Crippen LogP) is 1.30. The highest BCUT2D eigenvalue weighted by atomic mass is 19.1. The molecule has 2 heteroatoms. The first-order valence-corrected chi connectivity index (χ1v) is 2.99. The predicted molar refractivity (Wildman–Crippen MR) is 33.7 cm³/mol. The number of hydrogen-bond donors (Lipinski definition) is 0. The average molecular weight is 119 g/mol. The topological polar surface area (TPSA) is 3.24 Å². The maximum atomic E-state index is 12.1. The van der Waals surface area contributed by atoms with E-state index in [-0.39, 0.29) is 0 Å². The zero-order chi connectivity index (χ0) is 6.57. The summed E-state index contributed by atoms with van der Waals surface area (Å²) in [6, 6.07) is 0. The Kier molecular flexibility index (Phi) is 3.79. The van der Waals surface area contributed by atoms with Gasteiger partial charge in [0.15, 0.2) is 0 Å². The van der Waals surface area contributed by atoms with Crippen LogP contribution in [0.3, 0.4) is 0 Å². The molecule has 0 rings (SSSR count). The Morgan fingerprint density at radius 3 is 2.25 bits per heavy atom. The van der Waals surface area contributed by atoms with Gasteiger partial charge in [0, 0.05) is 6.54 Å². The minimum Gasteiger partial charge on any atom is -0.304 e. The first-order chi connectivity index (χ1) is 3.66. The third-order valence-electron chi connectivity index (χ3n) is 1.10. The van der Waals surface area contributed by atoms with Gasteiger partial charge in [0.25, 0.3) is 0 Å². The first-order valence-electron chi connectivity index (χ1n) is 2.99. The molecular formula is C6H14FN. The summed E-state index contributed by atoms with van der Waals surface area (Å²) >= 11 is 0. The third kappa shape index (κ3) is 4.06. The van der Waals surface area contributed by atoms with E-state index in [1.807, 2.05) is 18.9 Å². The maximum Gasteiger partial charge on any atom is 0.110 e. The molecular weight excluding hydrogens is 105 g/mol. The van der Waals surface area contributed by atoms with Crippen LogP contribution in [-0.4, -0.2) is 31.2 Å². The molecule has 0 saturated carbocycles. The molecule has 0 aliphatic heterocycles. The Hall–Kier alpha value is -0.110. The highest BCUT2D eigenvalue weighted by molar-refractivity contribution is 4.52. The number of nitrogens with zero attached hydrogens (tertiary/aromatic N) is 1. The zero-order valence-electron chi connectivity index (χ0n) is 5.82. The van der Waals surface area contributed by atoms with E-state index in [1.165, 1.54) is 0 Å². The van der Waals surface area contributed by atoms with Crippen LogP contribution in [-0.2, 0) is 0 Å². The van der Waals surface area contributed by atoms with Crippen LogP contribution in [0.2, 0.25) is 0 Å². The summed E-state index contributed by atoms with van der Waals surface area (Å²) in [4.78, 5) is 1.95. The Bertz CT molecular complexity index is 54.5. The summed E-state index contributed by atoms with van der Waals surface area (Å²) in [5, 5.41) is 0. The van der Waals surface area contributed by atoms with Crippen LogP contribution >= 0.6 is 0 Å². The van der Waals surface area contributed by atoms with Gasteiger partial charge in [-0.3, -0.25) is 0 Å². The molecule has 1 atom stereocenters. The minimum absolute atomic E-state index is 0.552. The van der Waals surface area contributed by atoms with E-state index in [0.29, 0.717) is 6.54 Å². The van der Waals surface area contributed by atoms with Crippen LogP contribution in [0.25, 0.3) is 0 Å². The molecule has 0 aliphatic carbocycles. The van der Waals surface area contributed by atoms with Gasteiger partial charge >= 0.3 is 0 Å². The van der Waals surface area contributed by atoms with Crippen molar-refractivity contribution in [2.75, 3.05) is 20.1 Å². The number of alkyl halides is 1. The summed E-state index contributed by atoms with van der Waals surface area (Å²) < 4.78 is 12.1. The largest absolute Gasteiger partial charge is 0.304 e. The van der Waals surface area contributed by atoms with Crippen LogP contribution in [0, 0.1) is 0 Å². The zero-order valence-corrected chi connectivity index (χ0v) is 5.82. The van der Waals surface area contributed by atoms with E-state index >= 15 is 0 Å². The van der Waals surface area contributed by atoms with Gasteiger partial charge in [-0.2, -0.15) is 0 Å². The van der Waals surface area contributed by atoms with Crippen molar-refractivity contribution >= 4 is 0 Å². The molecule has 0 bridgehead atoms. The van der Waals surface area contributed by atoms with Crippen molar-refractivity contribution in [3.63, 3.8) is 0 Å².